The lowest BCUT2D eigenvalue weighted by atomic mass is 10.2. The van der Waals surface area contributed by atoms with Crippen LogP contribution in [0.3, 0.4) is 0 Å². The highest BCUT2D eigenvalue weighted by Gasteiger charge is 2.14. The van der Waals surface area contributed by atoms with Crippen molar-refractivity contribution in [1.82, 2.24) is 10.2 Å². The van der Waals surface area contributed by atoms with Gasteiger partial charge in [-0.15, -0.1) is 0 Å². The minimum atomic E-state index is -0.225. The Morgan fingerprint density at radius 3 is 2.81 bits per heavy atom. The van der Waals surface area contributed by atoms with E-state index in [4.69, 9.17) is 0 Å². The zero-order chi connectivity index (χ0) is 11.4. The molecule has 4 heteroatoms. The van der Waals surface area contributed by atoms with E-state index < -0.39 is 0 Å². The third-order valence-electron chi connectivity index (χ3n) is 2.59. The van der Waals surface area contributed by atoms with Gasteiger partial charge < -0.3 is 5.32 Å². The number of nitrogens with one attached hydrogen (secondary N) is 1. The molecule has 2 rings (SSSR count). The Hall–Kier alpha value is -1.64. The third-order valence-corrected chi connectivity index (χ3v) is 2.59. The Morgan fingerprint density at radius 1 is 1.38 bits per heavy atom. The number of halogens is 1. The molecule has 1 aliphatic heterocycles. The lowest BCUT2D eigenvalue weighted by molar-refractivity contribution is 0.260. The zero-order valence-electron chi connectivity index (χ0n) is 8.87. The van der Waals surface area contributed by atoms with Crippen LogP contribution in [-0.2, 0) is 11.3 Å². The number of piperazine rings is 1. The van der Waals surface area contributed by atoms with Crippen molar-refractivity contribution in [2.45, 2.75) is 6.54 Å². The minimum Gasteiger partial charge on any atom is -0.377 e. The maximum atomic E-state index is 12.7. The molecule has 84 valence electrons. The topological polar surface area (TPSA) is 32.3 Å². The lowest BCUT2D eigenvalue weighted by Crippen LogP contribution is -2.41. The van der Waals surface area contributed by atoms with Gasteiger partial charge in [0, 0.05) is 26.2 Å². The molecule has 3 nitrogen and oxygen atoms in total. The molecular weight excluding hydrogens is 207 g/mol. The van der Waals surface area contributed by atoms with Gasteiger partial charge in [-0.05, 0) is 17.7 Å². The van der Waals surface area contributed by atoms with Gasteiger partial charge in [0.25, 0.3) is 0 Å². The molecule has 0 saturated carbocycles. The van der Waals surface area contributed by atoms with E-state index in [0.717, 1.165) is 25.2 Å². The number of hydrogen-bond donors (Lipinski definition) is 1. The monoisotopic (exact) mass is 220 g/mol. The summed E-state index contributed by atoms with van der Waals surface area (Å²) < 4.78 is 12.7. The van der Waals surface area contributed by atoms with Gasteiger partial charge in [0.05, 0.1) is 0 Å². The van der Waals surface area contributed by atoms with Crippen molar-refractivity contribution >= 4 is 5.94 Å². The van der Waals surface area contributed by atoms with Crippen molar-refractivity contribution in [3.8, 4) is 0 Å². The second-order valence-electron chi connectivity index (χ2n) is 3.84. The highest BCUT2D eigenvalue weighted by molar-refractivity contribution is 5.52. The van der Waals surface area contributed by atoms with Gasteiger partial charge >= 0.3 is 0 Å². The standard InChI is InChI=1S/C12H13FN2O/c13-11-3-1-10(2-4-11)7-15-6-5-14-12(8-15)9-16/h1-4,14H,5-8H2. The normalized spacial score (nSPS) is 16.7. The fourth-order valence-electron chi connectivity index (χ4n) is 1.77. The SMILES string of the molecule is O=C=C1CN(Cc2ccc(F)cc2)CCN1. The van der Waals surface area contributed by atoms with Crippen LogP contribution in [0.5, 0.6) is 0 Å². The highest BCUT2D eigenvalue weighted by atomic mass is 19.1. The predicted octanol–water partition coefficient (Wildman–Crippen LogP) is 0.946. The number of carbonyl (C=O) groups excluding carboxylic acids is 1. The third kappa shape index (κ3) is 2.69. The quantitative estimate of drug-likeness (QED) is 0.753. The van der Waals surface area contributed by atoms with Crippen LogP contribution in [0.2, 0.25) is 0 Å². The Bertz CT molecular complexity index is 410. The van der Waals surface area contributed by atoms with Crippen molar-refractivity contribution in [1.29, 1.82) is 0 Å². The Morgan fingerprint density at radius 2 is 2.12 bits per heavy atom. The molecule has 0 aromatic heterocycles. The smallest absolute Gasteiger partial charge is 0.146 e. The second-order valence-corrected chi connectivity index (χ2v) is 3.84. The van der Waals surface area contributed by atoms with Crippen molar-refractivity contribution in [3.63, 3.8) is 0 Å². The van der Waals surface area contributed by atoms with Crippen LogP contribution in [-0.4, -0.2) is 30.5 Å². The maximum absolute atomic E-state index is 12.7. The summed E-state index contributed by atoms with van der Waals surface area (Å²) in [7, 11) is 0. The van der Waals surface area contributed by atoms with E-state index in [2.05, 4.69) is 10.2 Å². The van der Waals surface area contributed by atoms with Crippen LogP contribution < -0.4 is 5.32 Å². The lowest BCUT2D eigenvalue weighted by Gasteiger charge is -2.27. The van der Waals surface area contributed by atoms with Crippen LogP contribution >= 0.6 is 0 Å². The summed E-state index contributed by atoms with van der Waals surface area (Å²) in [6.07, 6.45) is 0. The first kappa shape index (κ1) is 10.9. The molecule has 1 aliphatic rings. The molecule has 16 heavy (non-hydrogen) atoms. The number of benzene rings is 1. The van der Waals surface area contributed by atoms with Gasteiger partial charge in [0.1, 0.15) is 17.5 Å². The molecule has 1 N–H and O–H groups in total. The van der Waals surface area contributed by atoms with Crippen LogP contribution in [0.25, 0.3) is 0 Å². The van der Waals surface area contributed by atoms with Gasteiger partial charge in [-0.3, -0.25) is 4.90 Å². The molecule has 1 aromatic carbocycles. The highest BCUT2D eigenvalue weighted by Crippen LogP contribution is 2.09. The van der Waals surface area contributed by atoms with Crippen LogP contribution in [0.15, 0.2) is 30.0 Å². The van der Waals surface area contributed by atoms with E-state index in [0.29, 0.717) is 12.2 Å². The summed E-state index contributed by atoms with van der Waals surface area (Å²) in [4.78, 5) is 12.6. The molecule has 1 saturated heterocycles. The molecule has 1 fully saturated rings. The molecular formula is C12H13FN2O. The summed E-state index contributed by atoms with van der Waals surface area (Å²) in [5.74, 6) is 1.66. The fourth-order valence-corrected chi connectivity index (χ4v) is 1.77. The summed E-state index contributed by atoms with van der Waals surface area (Å²) in [6.45, 7) is 2.95. The number of nitrogens with zero attached hydrogens (tertiary/aromatic N) is 1. The minimum absolute atomic E-state index is 0.225. The average molecular weight is 220 g/mol. The largest absolute Gasteiger partial charge is 0.377 e. The van der Waals surface area contributed by atoms with Crippen molar-refractivity contribution < 1.29 is 9.18 Å². The van der Waals surface area contributed by atoms with E-state index in [1.165, 1.54) is 12.1 Å². The number of rotatable bonds is 2. The molecule has 0 atom stereocenters. The van der Waals surface area contributed by atoms with Crippen molar-refractivity contribution in [3.05, 3.63) is 41.3 Å². The molecule has 0 radical (unpaired) electrons. The average Bonchev–Trinajstić information content (AvgIpc) is 2.32. The van der Waals surface area contributed by atoms with E-state index in [1.807, 2.05) is 5.94 Å². The molecule has 0 unspecified atom stereocenters. The molecule has 0 aliphatic carbocycles. The first-order valence-electron chi connectivity index (χ1n) is 5.22. The van der Waals surface area contributed by atoms with Gasteiger partial charge in [0.15, 0.2) is 0 Å². The first-order valence-corrected chi connectivity index (χ1v) is 5.22. The molecule has 1 heterocycles. The summed E-state index contributed by atoms with van der Waals surface area (Å²) in [5, 5.41) is 2.99. The summed E-state index contributed by atoms with van der Waals surface area (Å²) in [5.41, 5.74) is 1.64. The second kappa shape index (κ2) is 4.92. The van der Waals surface area contributed by atoms with E-state index in [9.17, 15) is 9.18 Å². The molecule has 0 bridgehead atoms. The maximum Gasteiger partial charge on any atom is 0.146 e. The Balaban J connectivity index is 1.99. The van der Waals surface area contributed by atoms with Crippen LogP contribution in [0.4, 0.5) is 4.39 Å². The van der Waals surface area contributed by atoms with Crippen molar-refractivity contribution in [2.24, 2.45) is 0 Å². The molecule has 1 aromatic rings. The van der Waals surface area contributed by atoms with Gasteiger partial charge in [-0.25, -0.2) is 9.18 Å². The van der Waals surface area contributed by atoms with E-state index in [1.54, 1.807) is 12.1 Å². The summed E-state index contributed by atoms with van der Waals surface area (Å²) >= 11 is 0. The van der Waals surface area contributed by atoms with Crippen LogP contribution in [0, 0.1) is 5.82 Å². The van der Waals surface area contributed by atoms with Crippen molar-refractivity contribution in [2.75, 3.05) is 19.6 Å². The predicted molar refractivity (Wildman–Crippen MR) is 58.9 cm³/mol. The van der Waals surface area contributed by atoms with E-state index >= 15 is 0 Å². The molecule has 0 amide bonds. The molecule has 0 spiro atoms. The van der Waals surface area contributed by atoms with Gasteiger partial charge in [0.2, 0.25) is 0 Å². The van der Waals surface area contributed by atoms with Crippen LogP contribution in [0.1, 0.15) is 5.56 Å². The Labute approximate surface area is 93.6 Å². The Kier molecular flexibility index (Phi) is 3.34. The van der Waals surface area contributed by atoms with Gasteiger partial charge in [-0.1, -0.05) is 12.1 Å². The summed E-state index contributed by atoms with van der Waals surface area (Å²) in [6, 6.07) is 6.44. The fraction of sp³-hybridized carbons (Fsp3) is 0.333. The zero-order valence-corrected chi connectivity index (χ0v) is 8.87. The van der Waals surface area contributed by atoms with Gasteiger partial charge in [-0.2, -0.15) is 0 Å². The van der Waals surface area contributed by atoms with E-state index in [-0.39, 0.29) is 5.82 Å². The first-order chi connectivity index (χ1) is 7.78. The number of hydrogen-bond acceptors (Lipinski definition) is 3.